The van der Waals surface area contributed by atoms with Crippen molar-refractivity contribution >= 4 is 23.2 Å². The maximum atomic E-state index is 14.2. The fourth-order valence-electron chi connectivity index (χ4n) is 4.50. The van der Waals surface area contributed by atoms with Crippen molar-refractivity contribution in [3.63, 3.8) is 0 Å². The van der Waals surface area contributed by atoms with Crippen LogP contribution in [0, 0.1) is 12.7 Å². The SMILES string of the molecule is CCN1CCN(c2ccc(F)cc2C(C)NC(=O)c2ccc(C)c(NC(=O)c3ccccc3)c2)CC1. The molecule has 2 amide bonds. The lowest BCUT2D eigenvalue weighted by molar-refractivity contribution is 0.0938. The topological polar surface area (TPSA) is 64.7 Å². The van der Waals surface area contributed by atoms with E-state index in [-0.39, 0.29) is 17.6 Å². The van der Waals surface area contributed by atoms with Crippen molar-refractivity contribution in [3.05, 3.63) is 94.8 Å². The zero-order valence-corrected chi connectivity index (χ0v) is 21.1. The number of carbonyl (C=O) groups is 2. The van der Waals surface area contributed by atoms with E-state index < -0.39 is 6.04 Å². The maximum Gasteiger partial charge on any atom is 0.255 e. The Morgan fingerprint density at radius 3 is 2.33 bits per heavy atom. The second-order valence-corrected chi connectivity index (χ2v) is 9.17. The Hall–Kier alpha value is -3.71. The molecule has 0 aromatic heterocycles. The van der Waals surface area contributed by atoms with Crippen molar-refractivity contribution in [1.82, 2.24) is 10.2 Å². The number of carbonyl (C=O) groups excluding carboxylic acids is 2. The van der Waals surface area contributed by atoms with Gasteiger partial charge in [-0.05, 0) is 68.4 Å². The van der Waals surface area contributed by atoms with Gasteiger partial charge in [0.25, 0.3) is 11.8 Å². The smallest absolute Gasteiger partial charge is 0.255 e. The van der Waals surface area contributed by atoms with Gasteiger partial charge in [-0.25, -0.2) is 4.39 Å². The quantitative estimate of drug-likeness (QED) is 0.490. The van der Waals surface area contributed by atoms with E-state index in [9.17, 15) is 14.0 Å². The number of benzene rings is 3. The Morgan fingerprint density at radius 1 is 0.917 bits per heavy atom. The number of amides is 2. The highest BCUT2D eigenvalue weighted by atomic mass is 19.1. The fraction of sp³-hybridized carbons (Fsp3) is 0.310. The second kappa shape index (κ2) is 11.4. The third-order valence-corrected chi connectivity index (χ3v) is 6.75. The summed E-state index contributed by atoms with van der Waals surface area (Å²) in [5.74, 6) is -0.857. The number of aryl methyl sites for hydroxylation is 1. The molecular weight excluding hydrogens is 455 g/mol. The molecule has 2 N–H and O–H groups in total. The molecule has 3 aromatic rings. The second-order valence-electron chi connectivity index (χ2n) is 9.17. The van der Waals surface area contributed by atoms with Crippen LogP contribution in [0.2, 0.25) is 0 Å². The van der Waals surface area contributed by atoms with Gasteiger partial charge in [-0.1, -0.05) is 31.2 Å². The molecule has 0 spiro atoms. The Morgan fingerprint density at radius 2 is 1.64 bits per heavy atom. The normalized spacial score (nSPS) is 14.8. The summed E-state index contributed by atoms with van der Waals surface area (Å²) < 4.78 is 14.2. The van der Waals surface area contributed by atoms with Crippen molar-refractivity contribution in [2.24, 2.45) is 0 Å². The molecule has 1 atom stereocenters. The van der Waals surface area contributed by atoms with Crippen LogP contribution in [0.5, 0.6) is 0 Å². The van der Waals surface area contributed by atoms with Crippen LogP contribution in [0.3, 0.4) is 0 Å². The number of likely N-dealkylation sites (N-methyl/N-ethyl adjacent to an activating group) is 1. The summed E-state index contributed by atoms with van der Waals surface area (Å²) in [6.07, 6.45) is 0. The average molecular weight is 489 g/mol. The van der Waals surface area contributed by atoms with E-state index in [1.54, 1.807) is 48.5 Å². The fourth-order valence-corrected chi connectivity index (χ4v) is 4.50. The third kappa shape index (κ3) is 5.91. The number of halogens is 1. The molecule has 1 aliphatic heterocycles. The lowest BCUT2D eigenvalue weighted by Gasteiger charge is -2.37. The van der Waals surface area contributed by atoms with Crippen molar-refractivity contribution in [1.29, 1.82) is 0 Å². The summed E-state index contributed by atoms with van der Waals surface area (Å²) >= 11 is 0. The number of rotatable bonds is 7. The van der Waals surface area contributed by atoms with E-state index in [1.807, 2.05) is 19.9 Å². The van der Waals surface area contributed by atoms with Gasteiger partial charge in [0.2, 0.25) is 0 Å². The number of nitrogens with one attached hydrogen (secondary N) is 2. The number of hydrogen-bond acceptors (Lipinski definition) is 4. The van der Waals surface area contributed by atoms with E-state index >= 15 is 0 Å². The summed E-state index contributed by atoms with van der Waals surface area (Å²) in [4.78, 5) is 30.4. The molecular formula is C29H33FN4O2. The van der Waals surface area contributed by atoms with E-state index in [1.165, 1.54) is 12.1 Å². The molecule has 1 unspecified atom stereocenters. The number of hydrogen-bond donors (Lipinski definition) is 2. The summed E-state index contributed by atoms with van der Waals surface area (Å²) in [6, 6.07) is 18.5. The van der Waals surface area contributed by atoms with Gasteiger partial charge in [0, 0.05) is 54.2 Å². The van der Waals surface area contributed by atoms with Crippen molar-refractivity contribution in [3.8, 4) is 0 Å². The molecule has 0 bridgehead atoms. The van der Waals surface area contributed by atoms with Crippen LogP contribution in [0.1, 0.15) is 51.7 Å². The highest BCUT2D eigenvalue weighted by Gasteiger charge is 2.22. The largest absolute Gasteiger partial charge is 0.369 e. The summed E-state index contributed by atoms with van der Waals surface area (Å²) in [5, 5.41) is 5.91. The Kier molecular flexibility index (Phi) is 8.00. The maximum absolute atomic E-state index is 14.2. The summed E-state index contributed by atoms with van der Waals surface area (Å²) in [7, 11) is 0. The molecule has 36 heavy (non-hydrogen) atoms. The van der Waals surface area contributed by atoms with Crippen LogP contribution in [0.4, 0.5) is 15.8 Å². The zero-order valence-electron chi connectivity index (χ0n) is 21.1. The van der Waals surface area contributed by atoms with Gasteiger partial charge in [-0.15, -0.1) is 0 Å². The predicted octanol–water partition coefficient (Wildman–Crippen LogP) is 5.02. The van der Waals surface area contributed by atoms with Gasteiger partial charge in [-0.3, -0.25) is 9.59 Å². The lowest BCUT2D eigenvalue weighted by Crippen LogP contribution is -2.46. The minimum Gasteiger partial charge on any atom is -0.369 e. The molecule has 3 aromatic carbocycles. The van der Waals surface area contributed by atoms with Crippen LogP contribution in [-0.2, 0) is 0 Å². The molecule has 1 aliphatic rings. The first-order chi connectivity index (χ1) is 17.4. The first-order valence-corrected chi connectivity index (χ1v) is 12.4. The van der Waals surface area contributed by atoms with Crippen LogP contribution in [0.25, 0.3) is 0 Å². The average Bonchev–Trinajstić information content (AvgIpc) is 2.90. The molecule has 188 valence electrons. The number of anilines is 2. The minimum atomic E-state index is -0.406. The highest BCUT2D eigenvalue weighted by Crippen LogP contribution is 2.29. The molecule has 6 nitrogen and oxygen atoms in total. The standard InChI is InChI=1S/C29H33FN4O2/c1-4-33-14-16-34(17-15-33)27-13-12-24(30)19-25(27)21(3)31-29(36)23-11-10-20(2)26(18-23)32-28(35)22-8-6-5-7-9-22/h5-13,18-19,21H,4,14-17H2,1-3H3,(H,31,36)(H,32,35). The highest BCUT2D eigenvalue weighted by molar-refractivity contribution is 6.05. The van der Waals surface area contributed by atoms with Crippen LogP contribution in [-0.4, -0.2) is 49.4 Å². The van der Waals surface area contributed by atoms with Gasteiger partial charge < -0.3 is 20.4 Å². The minimum absolute atomic E-state index is 0.239. The number of piperazine rings is 1. The zero-order chi connectivity index (χ0) is 25.7. The summed E-state index contributed by atoms with van der Waals surface area (Å²) in [6.45, 7) is 10.5. The Labute approximate surface area is 212 Å². The van der Waals surface area contributed by atoms with Crippen molar-refractivity contribution < 1.29 is 14.0 Å². The first kappa shape index (κ1) is 25.4. The molecule has 1 saturated heterocycles. The van der Waals surface area contributed by atoms with E-state index in [0.29, 0.717) is 16.8 Å². The van der Waals surface area contributed by atoms with Gasteiger partial charge >= 0.3 is 0 Å². The third-order valence-electron chi connectivity index (χ3n) is 6.75. The van der Waals surface area contributed by atoms with E-state index in [4.69, 9.17) is 0 Å². The Bertz CT molecular complexity index is 1220. The van der Waals surface area contributed by atoms with E-state index in [2.05, 4.69) is 27.4 Å². The van der Waals surface area contributed by atoms with Crippen LogP contribution in [0.15, 0.2) is 66.7 Å². The van der Waals surface area contributed by atoms with Gasteiger partial charge in [-0.2, -0.15) is 0 Å². The Balaban J connectivity index is 1.50. The predicted molar refractivity (Wildman–Crippen MR) is 142 cm³/mol. The number of nitrogens with zero attached hydrogens (tertiary/aromatic N) is 2. The molecule has 4 rings (SSSR count). The van der Waals surface area contributed by atoms with Gasteiger partial charge in [0.1, 0.15) is 5.82 Å². The molecule has 1 heterocycles. The monoisotopic (exact) mass is 488 g/mol. The van der Waals surface area contributed by atoms with Crippen LogP contribution < -0.4 is 15.5 Å². The molecule has 0 aliphatic carbocycles. The molecule has 0 saturated carbocycles. The van der Waals surface area contributed by atoms with Crippen molar-refractivity contribution in [2.45, 2.75) is 26.8 Å². The van der Waals surface area contributed by atoms with Gasteiger partial charge in [0.15, 0.2) is 0 Å². The van der Waals surface area contributed by atoms with Gasteiger partial charge in [0.05, 0.1) is 6.04 Å². The van der Waals surface area contributed by atoms with Crippen LogP contribution >= 0.6 is 0 Å². The molecule has 7 heteroatoms. The lowest BCUT2D eigenvalue weighted by atomic mass is 10.0. The van der Waals surface area contributed by atoms with Crippen molar-refractivity contribution in [2.75, 3.05) is 42.9 Å². The first-order valence-electron chi connectivity index (χ1n) is 12.4. The molecule has 1 fully saturated rings. The summed E-state index contributed by atoms with van der Waals surface area (Å²) in [5.41, 5.74) is 4.08. The van der Waals surface area contributed by atoms with E-state index in [0.717, 1.165) is 49.5 Å². The molecule has 0 radical (unpaired) electrons.